The summed E-state index contributed by atoms with van der Waals surface area (Å²) < 4.78 is 6.36. The zero-order valence-electron chi connectivity index (χ0n) is 8.72. The number of ether oxygens (including phenoxy) is 1. The van der Waals surface area contributed by atoms with E-state index in [1.807, 2.05) is 12.1 Å². The number of nitrogens with one attached hydrogen (secondary N) is 1. The van der Waals surface area contributed by atoms with Crippen molar-refractivity contribution in [1.29, 1.82) is 0 Å². The summed E-state index contributed by atoms with van der Waals surface area (Å²) in [7, 11) is 1.69. The molecule has 0 aromatic heterocycles. The molecule has 0 saturated heterocycles. The van der Waals surface area contributed by atoms with Crippen molar-refractivity contribution in [2.45, 2.75) is 6.42 Å². The smallest absolute Gasteiger partial charge is 0.122 e. The first-order chi connectivity index (χ1) is 7.27. The van der Waals surface area contributed by atoms with Gasteiger partial charge in [-0.25, -0.2) is 0 Å². The molecule has 1 N–H and O–H groups in total. The highest BCUT2D eigenvalue weighted by Crippen LogP contribution is 2.22. The zero-order valence-corrected chi connectivity index (χ0v) is 11.1. The molecule has 0 spiro atoms. The molecule has 1 aromatic carbocycles. The normalized spacial score (nSPS) is 10.3. The summed E-state index contributed by atoms with van der Waals surface area (Å²) in [6, 6.07) is 6.04. The van der Waals surface area contributed by atoms with E-state index in [1.54, 1.807) is 7.11 Å². The Kier molecular flexibility index (Phi) is 6.06. The van der Waals surface area contributed by atoms with Crippen molar-refractivity contribution in [3.05, 3.63) is 28.2 Å². The largest absolute Gasteiger partial charge is 0.496 e. The van der Waals surface area contributed by atoms with Crippen molar-refractivity contribution in [2.24, 2.45) is 0 Å². The first-order valence-electron chi connectivity index (χ1n) is 4.87. The number of hydrogen-bond acceptors (Lipinski definition) is 2. The molecule has 0 bridgehead atoms. The highest BCUT2D eigenvalue weighted by atomic mass is 79.9. The maximum Gasteiger partial charge on any atom is 0.122 e. The van der Waals surface area contributed by atoms with E-state index < -0.39 is 0 Å². The van der Waals surface area contributed by atoms with Crippen LogP contribution in [0.2, 0.25) is 0 Å². The van der Waals surface area contributed by atoms with Crippen LogP contribution < -0.4 is 10.1 Å². The minimum atomic E-state index is 0.648. The summed E-state index contributed by atoms with van der Waals surface area (Å²) in [5.74, 6) is 1.58. The van der Waals surface area contributed by atoms with Gasteiger partial charge >= 0.3 is 0 Å². The first kappa shape index (κ1) is 12.8. The summed E-state index contributed by atoms with van der Waals surface area (Å²) in [4.78, 5) is 0. The Bertz CT molecular complexity index is 307. The Balaban J connectivity index is 2.54. The van der Waals surface area contributed by atoms with Gasteiger partial charge in [-0.05, 0) is 36.7 Å². The Hall–Kier alpha value is -0.250. The molecule has 84 valence electrons. The van der Waals surface area contributed by atoms with E-state index in [1.165, 1.54) is 5.56 Å². The van der Waals surface area contributed by atoms with Crippen LogP contribution in [-0.4, -0.2) is 26.1 Å². The predicted molar refractivity (Wildman–Crippen MR) is 68.0 cm³/mol. The maximum atomic E-state index is 5.57. The van der Waals surface area contributed by atoms with Crippen molar-refractivity contribution < 1.29 is 4.74 Å². The molecule has 0 aliphatic heterocycles. The van der Waals surface area contributed by atoms with E-state index in [9.17, 15) is 0 Å². The van der Waals surface area contributed by atoms with Gasteiger partial charge < -0.3 is 10.1 Å². The van der Waals surface area contributed by atoms with Crippen LogP contribution in [0.15, 0.2) is 22.7 Å². The van der Waals surface area contributed by atoms with E-state index in [-0.39, 0.29) is 0 Å². The number of alkyl halides is 1. The van der Waals surface area contributed by atoms with Crippen LogP contribution in [0.3, 0.4) is 0 Å². The third-order valence-corrected chi connectivity index (χ3v) is 2.77. The van der Waals surface area contributed by atoms with Gasteiger partial charge in [0.1, 0.15) is 5.75 Å². The number of rotatable bonds is 6. The molecule has 0 aliphatic carbocycles. The second-order valence-electron chi connectivity index (χ2n) is 3.15. The van der Waals surface area contributed by atoms with Crippen molar-refractivity contribution in [3.63, 3.8) is 0 Å². The second-order valence-corrected chi connectivity index (χ2v) is 4.44. The standard InChI is InChI=1S/C11H15BrClNO/c1-15-11-3-2-10(12)8-9(11)4-6-14-7-5-13/h2-3,8,14H,4-7H2,1H3. The topological polar surface area (TPSA) is 21.3 Å². The first-order valence-corrected chi connectivity index (χ1v) is 6.19. The van der Waals surface area contributed by atoms with E-state index in [4.69, 9.17) is 16.3 Å². The average molecular weight is 293 g/mol. The van der Waals surface area contributed by atoms with Crippen LogP contribution in [0.4, 0.5) is 0 Å². The lowest BCUT2D eigenvalue weighted by atomic mass is 10.1. The van der Waals surface area contributed by atoms with Crippen molar-refractivity contribution in [1.82, 2.24) is 5.32 Å². The molecule has 0 heterocycles. The van der Waals surface area contributed by atoms with E-state index in [2.05, 4.69) is 27.3 Å². The fourth-order valence-corrected chi connectivity index (χ4v) is 1.90. The van der Waals surface area contributed by atoms with Gasteiger partial charge in [-0.1, -0.05) is 15.9 Å². The van der Waals surface area contributed by atoms with Crippen LogP contribution in [0, 0.1) is 0 Å². The third kappa shape index (κ3) is 4.41. The summed E-state index contributed by atoms with van der Waals surface area (Å²) in [5, 5.41) is 3.25. The molecule has 0 atom stereocenters. The number of halogens is 2. The summed E-state index contributed by atoms with van der Waals surface area (Å²) >= 11 is 9.02. The van der Waals surface area contributed by atoms with Gasteiger partial charge in [0.25, 0.3) is 0 Å². The lowest BCUT2D eigenvalue weighted by Crippen LogP contribution is -2.19. The van der Waals surface area contributed by atoms with Crippen molar-refractivity contribution >= 4 is 27.5 Å². The Morgan fingerprint density at radius 3 is 2.87 bits per heavy atom. The highest BCUT2D eigenvalue weighted by Gasteiger charge is 2.02. The minimum absolute atomic E-state index is 0.648. The Labute approximate surface area is 104 Å². The monoisotopic (exact) mass is 291 g/mol. The van der Waals surface area contributed by atoms with E-state index in [0.29, 0.717) is 5.88 Å². The molecule has 0 amide bonds. The van der Waals surface area contributed by atoms with Crippen LogP contribution >= 0.6 is 27.5 Å². The molecular formula is C11H15BrClNO. The zero-order chi connectivity index (χ0) is 11.1. The van der Waals surface area contributed by atoms with E-state index >= 15 is 0 Å². The molecule has 0 radical (unpaired) electrons. The Morgan fingerprint density at radius 1 is 1.40 bits per heavy atom. The average Bonchev–Trinajstić information content (AvgIpc) is 2.25. The fourth-order valence-electron chi connectivity index (χ4n) is 1.36. The van der Waals surface area contributed by atoms with Crippen molar-refractivity contribution in [3.8, 4) is 5.75 Å². The molecule has 15 heavy (non-hydrogen) atoms. The van der Waals surface area contributed by atoms with Crippen LogP contribution in [0.5, 0.6) is 5.75 Å². The van der Waals surface area contributed by atoms with Crippen LogP contribution in [-0.2, 0) is 6.42 Å². The quantitative estimate of drug-likeness (QED) is 0.643. The van der Waals surface area contributed by atoms with Gasteiger partial charge in [0, 0.05) is 16.9 Å². The molecule has 4 heteroatoms. The second kappa shape index (κ2) is 7.09. The molecule has 0 saturated carbocycles. The molecular weight excluding hydrogens is 277 g/mol. The fraction of sp³-hybridized carbons (Fsp3) is 0.455. The summed E-state index contributed by atoms with van der Waals surface area (Å²) in [6.07, 6.45) is 0.944. The lowest BCUT2D eigenvalue weighted by molar-refractivity contribution is 0.409. The predicted octanol–water partition coefficient (Wildman–Crippen LogP) is 2.83. The molecule has 0 aliphatic rings. The summed E-state index contributed by atoms with van der Waals surface area (Å²) in [5.41, 5.74) is 1.20. The number of hydrogen-bond donors (Lipinski definition) is 1. The number of benzene rings is 1. The highest BCUT2D eigenvalue weighted by molar-refractivity contribution is 9.10. The molecule has 0 fully saturated rings. The molecule has 1 rings (SSSR count). The van der Waals surface area contributed by atoms with Gasteiger partial charge in [-0.3, -0.25) is 0 Å². The molecule has 0 unspecified atom stereocenters. The van der Waals surface area contributed by atoms with Crippen molar-refractivity contribution in [2.75, 3.05) is 26.1 Å². The number of methoxy groups -OCH3 is 1. The molecule has 1 aromatic rings. The SMILES string of the molecule is COc1ccc(Br)cc1CCNCCCl. The van der Waals surface area contributed by atoms with Gasteiger partial charge in [-0.15, -0.1) is 11.6 Å². The van der Waals surface area contributed by atoms with E-state index in [0.717, 1.165) is 29.7 Å². The Morgan fingerprint density at radius 2 is 2.20 bits per heavy atom. The van der Waals surface area contributed by atoms with Crippen LogP contribution in [0.25, 0.3) is 0 Å². The minimum Gasteiger partial charge on any atom is -0.496 e. The van der Waals surface area contributed by atoms with Crippen LogP contribution in [0.1, 0.15) is 5.56 Å². The maximum absolute atomic E-state index is 5.57. The van der Waals surface area contributed by atoms with Gasteiger partial charge in [-0.2, -0.15) is 0 Å². The summed E-state index contributed by atoms with van der Waals surface area (Å²) in [6.45, 7) is 1.76. The van der Waals surface area contributed by atoms with Gasteiger partial charge in [0.05, 0.1) is 7.11 Å². The molecule has 2 nitrogen and oxygen atoms in total. The third-order valence-electron chi connectivity index (χ3n) is 2.08. The lowest BCUT2D eigenvalue weighted by Gasteiger charge is -2.09. The van der Waals surface area contributed by atoms with Gasteiger partial charge in [0.15, 0.2) is 0 Å². The van der Waals surface area contributed by atoms with Gasteiger partial charge in [0.2, 0.25) is 0 Å².